The van der Waals surface area contributed by atoms with Gasteiger partial charge in [0.15, 0.2) is 0 Å². The van der Waals surface area contributed by atoms with Crippen LogP contribution < -0.4 is 0 Å². The van der Waals surface area contributed by atoms with E-state index in [9.17, 15) is 9.59 Å². The first-order valence-electron chi connectivity index (χ1n) is 5.01. The summed E-state index contributed by atoms with van der Waals surface area (Å²) in [7, 11) is 1.58. The maximum Gasteiger partial charge on any atom is 0.352 e. The van der Waals surface area contributed by atoms with Gasteiger partial charge in [-0.2, -0.15) is 0 Å². The Morgan fingerprint density at radius 2 is 2.06 bits per heavy atom. The fraction of sp³-hybridized carbons (Fsp3) is 0.333. The zero-order chi connectivity index (χ0) is 13.2. The Morgan fingerprint density at radius 1 is 1.47 bits per heavy atom. The number of carboxylic acid groups (broad SMARTS) is 1. The standard InChI is InChI=1S/C12H14N2O3/c1-5-6-14(4)11(15)9-7(2)10(12(16)17)13-8(9)3/h1,13H,6H2,2-4H3,(H,16,17). The van der Waals surface area contributed by atoms with Gasteiger partial charge in [0.05, 0.1) is 12.1 Å². The summed E-state index contributed by atoms with van der Waals surface area (Å²) in [6.45, 7) is 3.45. The third-order valence-electron chi connectivity index (χ3n) is 2.54. The molecule has 0 aliphatic carbocycles. The number of aromatic carboxylic acids is 1. The molecule has 5 nitrogen and oxygen atoms in total. The van der Waals surface area contributed by atoms with Gasteiger partial charge in [-0.3, -0.25) is 4.79 Å². The van der Waals surface area contributed by atoms with Crippen molar-refractivity contribution in [2.24, 2.45) is 0 Å². The Morgan fingerprint density at radius 3 is 2.47 bits per heavy atom. The molecule has 5 heteroatoms. The van der Waals surface area contributed by atoms with Crippen LogP contribution in [-0.4, -0.2) is 40.5 Å². The smallest absolute Gasteiger partial charge is 0.352 e. The van der Waals surface area contributed by atoms with Crippen LogP contribution >= 0.6 is 0 Å². The van der Waals surface area contributed by atoms with Gasteiger partial charge in [-0.1, -0.05) is 5.92 Å². The molecule has 0 aliphatic rings. The number of H-pyrrole nitrogens is 1. The predicted molar refractivity (Wildman–Crippen MR) is 63.0 cm³/mol. The first-order chi connectivity index (χ1) is 7.90. The van der Waals surface area contributed by atoms with E-state index in [1.807, 2.05) is 0 Å². The van der Waals surface area contributed by atoms with E-state index in [4.69, 9.17) is 11.5 Å². The maximum atomic E-state index is 12.0. The lowest BCUT2D eigenvalue weighted by atomic mass is 10.1. The minimum atomic E-state index is -1.08. The average molecular weight is 234 g/mol. The third-order valence-corrected chi connectivity index (χ3v) is 2.54. The molecule has 0 aliphatic heterocycles. The van der Waals surface area contributed by atoms with Crippen molar-refractivity contribution < 1.29 is 14.7 Å². The number of aromatic nitrogens is 1. The molecule has 0 saturated carbocycles. The van der Waals surface area contributed by atoms with Gasteiger partial charge in [-0.05, 0) is 19.4 Å². The molecule has 90 valence electrons. The molecule has 1 amide bonds. The van der Waals surface area contributed by atoms with Crippen LogP contribution in [0.15, 0.2) is 0 Å². The molecule has 1 heterocycles. The van der Waals surface area contributed by atoms with Gasteiger partial charge < -0.3 is 15.0 Å². The molecule has 0 unspecified atom stereocenters. The largest absolute Gasteiger partial charge is 0.477 e. The van der Waals surface area contributed by atoms with Gasteiger partial charge in [0.2, 0.25) is 0 Å². The van der Waals surface area contributed by atoms with E-state index in [0.717, 1.165) is 0 Å². The highest BCUT2D eigenvalue weighted by atomic mass is 16.4. The Labute approximate surface area is 99.4 Å². The van der Waals surface area contributed by atoms with Crippen LogP contribution in [0.4, 0.5) is 0 Å². The van der Waals surface area contributed by atoms with E-state index in [2.05, 4.69) is 10.9 Å². The normalized spacial score (nSPS) is 9.76. The summed E-state index contributed by atoms with van der Waals surface area (Å²) < 4.78 is 0. The van der Waals surface area contributed by atoms with Crippen LogP contribution in [0.2, 0.25) is 0 Å². The summed E-state index contributed by atoms with van der Waals surface area (Å²) in [4.78, 5) is 27.0. The first kappa shape index (κ1) is 12.8. The van der Waals surface area contributed by atoms with Crippen molar-refractivity contribution in [1.82, 2.24) is 9.88 Å². The molecule has 1 rings (SSSR count). The molecule has 0 radical (unpaired) electrons. The molecule has 1 aromatic heterocycles. The highest BCUT2D eigenvalue weighted by Gasteiger charge is 2.23. The molecule has 0 spiro atoms. The Balaban J connectivity index is 3.20. The molecule has 0 atom stereocenters. The number of terminal acetylenes is 1. The van der Waals surface area contributed by atoms with Gasteiger partial charge in [-0.15, -0.1) is 6.42 Å². The second-order valence-electron chi connectivity index (χ2n) is 3.80. The fourth-order valence-electron chi connectivity index (χ4n) is 1.68. The second kappa shape index (κ2) is 4.74. The van der Waals surface area contributed by atoms with E-state index >= 15 is 0 Å². The summed E-state index contributed by atoms with van der Waals surface area (Å²) in [6.07, 6.45) is 5.13. The number of nitrogens with one attached hydrogen (secondary N) is 1. The number of amides is 1. The summed E-state index contributed by atoms with van der Waals surface area (Å²) >= 11 is 0. The van der Waals surface area contributed by atoms with Crippen LogP contribution in [0.1, 0.15) is 32.1 Å². The number of rotatable bonds is 3. The number of aryl methyl sites for hydroxylation is 1. The Bertz CT molecular complexity index is 509. The van der Waals surface area contributed by atoms with Crippen molar-refractivity contribution in [3.63, 3.8) is 0 Å². The molecule has 17 heavy (non-hydrogen) atoms. The van der Waals surface area contributed by atoms with Crippen molar-refractivity contribution in [1.29, 1.82) is 0 Å². The fourth-order valence-corrected chi connectivity index (χ4v) is 1.68. The summed E-state index contributed by atoms with van der Waals surface area (Å²) in [5.41, 5.74) is 1.39. The van der Waals surface area contributed by atoms with E-state index in [-0.39, 0.29) is 18.1 Å². The van der Waals surface area contributed by atoms with E-state index in [1.54, 1.807) is 20.9 Å². The zero-order valence-corrected chi connectivity index (χ0v) is 10.00. The number of nitrogens with zero attached hydrogens (tertiary/aromatic N) is 1. The van der Waals surface area contributed by atoms with E-state index in [0.29, 0.717) is 16.8 Å². The number of hydrogen-bond donors (Lipinski definition) is 2. The highest BCUT2D eigenvalue weighted by Crippen LogP contribution is 2.19. The maximum absolute atomic E-state index is 12.0. The van der Waals surface area contributed by atoms with E-state index in [1.165, 1.54) is 4.90 Å². The highest BCUT2D eigenvalue weighted by molar-refractivity contribution is 6.00. The number of carboxylic acids is 1. The molecular formula is C12H14N2O3. The summed E-state index contributed by atoms with van der Waals surface area (Å²) in [5.74, 6) is 1.01. The van der Waals surface area contributed by atoms with Crippen molar-refractivity contribution in [2.45, 2.75) is 13.8 Å². The third kappa shape index (κ3) is 2.31. The van der Waals surface area contributed by atoms with Gasteiger partial charge >= 0.3 is 5.97 Å². The minimum absolute atomic E-state index is 0.0416. The summed E-state index contributed by atoms with van der Waals surface area (Å²) in [5, 5.41) is 8.94. The predicted octanol–water partition coefficient (Wildman–Crippen LogP) is 1.03. The zero-order valence-electron chi connectivity index (χ0n) is 10.00. The molecule has 0 bridgehead atoms. The van der Waals surface area contributed by atoms with Crippen molar-refractivity contribution >= 4 is 11.9 Å². The van der Waals surface area contributed by atoms with Crippen LogP contribution in [0.5, 0.6) is 0 Å². The topological polar surface area (TPSA) is 73.4 Å². The van der Waals surface area contributed by atoms with Crippen molar-refractivity contribution in [3.05, 3.63) is 22.5 Å². The molecule has 2 N–H and O–H groups in total. The molecular weight excluding hydrogens is 220 g/mol. The number of carbonyl (C=O) groups is 2. The van der Waals surface area contributed by atoms with Gasteiger partial charge in [-0.25, -0.2) is 4.79 Å². The SMILES string of the molecule is C#CCN(C)C(=O)c1c(C)[nH]c(C(=O)O)c1C. The lowest BCUT2D eigenvalue weighted by molar-refractivity contribution is 0.0690. The quantitative estimate of drug-likeness (QED) is 0.767. The Hall–Kier alpha value is -2.22. The minimum Gasteiger partial charge on any atom is -0.477 e. The van der Waals surface area contributed by atoms with Crippen LogP contribution in [0.25, 0.3) is 0 Å². The van der Waals surface area contributed by atoms with Gasteiger partial charge in [0.25, 0.3) is 5.91 Å². The second-order valence-corrected chi connectivity index (χ2v) is 3.80. The molecule has 0 aromatic carbocycles. The lowest BCUT2D eigenvalue weighted by Crippen LogP contribution is -2.27. The average Bonchev–Trinajstić information content (AvgIpc) is 2.54. The van der Waals surface area contributed by atoms with Gasteiger partial charge in [0.1, 0.15) is 5.69 Å². The van der Waals surface area contributed by atoms with Crippen molar-refractivity contribution in [3.8, 4) is 12.3 Å². The molecule has 1 aromatic rings. The van der Waals surface area contributed by atoms with Crippen LogP contribution in [0.3, 0.4) is 0 Å². The Kier molecular flexibility index (Phi) is 3.59. The molecule has 0 saturated heterocycles. The van der Waals surface area contributed by atoms with Crippen molar-refractivity contribution in [2.75, 3.05) is 13.6 Å². The summed E-state index contributed by atoms with van der Waals surface area (Å²) in [6, 6.07) is 0. The lowest BCUT2D eigenvalue weighted by Gasteiger charge is -2.14. The van der Waals surface area contributed by atoms with Crippen LogP contribution in [-0.2, 0) is 0 Å². The van der Waals surface area contributed by atoms with E-state index < -0.39 is 5.97 Å². The number of carbonyl (C=O) groups excluding carboxylic acids is 1. The number of hydrogen-bond acceptors (Lipinski definition) is 2. The number of aromatic amines is 1. The van der Waals surface area contributed by atoms with Crippen LogP contribution in [0, 0.1) is 26.2 Å². The first-order valence-corrected chi connectivity index (χ1v) is 5.01. The molecule has 0 fully saturated rings. The monoisotopic (exact) mass is 234 g/mol. The van der Waals surface area contributed by atoms with Gasteiger partial charge in [0, 0.05) is 12.7 Å².